The van der Waals surface area contributed by atoms with Crippen LogP contribution in [0.2, 0.25) is 0 Å². The lowest BCUT2D eigenvalue weighted by Crippen LogP contribution is -2.39. The van der Waals surface area contributed by atoms with Crippen molar-refractivity contribution in [1.29, 1.82) is 0 Å². The van der Waals surface area contributed by atoms with Crippen LogP contribution in [-0.2, 0) is 19.0 Å². The van der Waals surface area contributed by atoms with Crippen molar-refractivity contribution >= 4 is 18.2 Å². The zero-order chi connectivity index (χ0) is 12.7. The van der Waals surface area contributed by atoms with Crippen LogP contribution in [0.15, 0.2) is 12.7 Å². The van der Waals surface area contributed by atoms with Gasteiger partial charge in [-0.3, -0.25) is 0 Å². The molecule has 0 fully saturated rings. The summed E-state index contributed by atoms with van der Waals surface area (Å²) in [5, 5.41) is 0. The van der Waals surface area contributed by atoms with Crippen molar-refractivity contribution in [2.75, 3.05) is 0 Å². The number of hydrogen-bond donors (Lipinski definition) is 2. The molecular formula is C8H12N2O6. The second kappa shape index (κ2) is 6.27. The first-order chi connectivity index (χ1) is 7.36. The molecule has 0 heterocycles. The van der Waals surface area contributed by atoms with Crippen molar-refractivity contribution in [2.45, 2.75) is 19.3 Å². The smallest absolute Gasteiger partial charge is 0.407 e. The Morgan fingerprint density at radius 2 is 1.62 bits per heavy atom. The molecule has 4 N–H and O–H groups in total. The molecule has 0 bridgehead atoms. The molecule has 90 valence electrons. The summed E-state index contributed by atoms with van der Waals surface area (Å²) in [6, 6.07) is 0. The summed E-state index contributed by atoms with van der Waals surface area (Å²) in [4.78, 5) is 31.8. The van der Waals surface area contributed by atoms with Crippen LogP contribution in [-0.4, -0.2) is 30.5 Å². The Kier molecular flexibility index (Phi) is 5.39. The summed E-state index contributed by atoms with van der Waals surface area (Å²) in [5.74, 6) is -0.869. The van der Waals surface area contributed by atoms with Crippen LogP contribution in [0, 0.1) is 0 Å². The maximum absolute atomic E-state index is 10.8. The van der Waals surface area contributed by atoms with Crippen molar-refractivity contribution in [2.24, 2.45) is 11.5 Å². The van der Waals surface area contributed by atoms with Gasteiger partial charge in [-0.2, -0.15) is 0 Å². The second-order valence-electron chi connectivity index (χ2n) is 2.59. The minimum Gasteiger partial charge on any atom is -0.439 e. The van der Waals surface area contributed by atoms with Gasteiger partial charge in [0, 0.05) is 6.08 Å². The van der Waals surface area contributed by atoms with Crippen LogP contribution in [0.4, 0.5) is 9.59 Å². The van der Waals surface area contributed by atoms with Gasteiger partial charge in [-0.25, -0.2) is 14.4 Å². The Hall–Kier alpha value is -2.25. The Balaban J connectivity index is 4.51. The van der Waals surface area contributed by atoms with Gasteiger partial charge < -0.3 is 25.7 Å². The van der Waals surface area contributed by atoms with Crippen molar-refractivity contribution in [3.63, 3.8) is 0 Å². The van der Waals surface area contributed by atoms with Gasteiger partial charge in [0.2, 0.25) is 0 Å². The molecule has 0 saturated heterocycles. The molecule has 0 aliphatic rings. The van der Waals surface area contributed by atoms with E-state index in [2.05, 4.69) is 20.8 Å². The summed E-state index contributed by atoms with van der Waals surface area (Å²) in [5.41, 5.74) is 9.46. The normalized spacial score (nSPS) is 13.1. The van der Waals surface area contributed by atoms with Crippen LogP contribution in [0.25, 0.3) is 0 Å². The van der Waals surface area contributed by atoms with Crippen molar-refractivity contribution in [3.05, 3.63) is 12.7 Å². The number of esters is 1. The lowest BCUT2D eigenvalue weighted by Gasteiger charge is -2.21. The van der Waals surface area contributed by atoms with Crippen LogP contribution in [0.3, 0.4) is 0 Å². The summed E-state index contributed by atoms with van der Waals surface area (Å²) < 4.78 is 13.4. The summed E-state index contributed by atoms with van der Waals surface area (Å²) in [6.07, 6.45) is -4.03. The average molecular weight is 232 g/mol. The van der Waals surface area contributed by atoms with Gasteiger partial charge in [-0.15, -0.1) is 0 Å². The fraction of sp³-hybridized carbons (Fsp3) is 0.375. The highest BCUT2D eigenvalue weighted by molar-refractivity contribution is 5.81. The highest BCUT2D eigenvalue weighted by Gasteiger charge is 2.26. The first-order valence-corrected chi connectivity index (χ1v) is 4.12. The molecule has 0 aliphatic heterocycles. The minimum absolute atomic E-state index is 0.842. The van der Waals surface area contributed by atoms with E-state index in [-0.39, 0.29) is 0 Å². The lowest BCUT2D eigenvalue weighted by molar-refractivity contribution is -0.178. The molecule has 8 heteroatoms. The molecule has 0 aromatic rings. The third kappa shape index (κ3) is 5.47. The molecular weight excluding hydrogens is 220 g/mol. The Morgan fingerprint density at radius 3 is 2.00 bits per heavy atom. The SMILES string of the molecule is C=CC(=O)OC(OC(N)=O)C(C)OC(N)=O. The van der Waals surface area contributed by atoms with E-state index in [9.17, 15) is 14.4 Å². The van der Waals surface area contributed by atoms with E-state index >= 15 is 0 Å². The summed E-state index contributed by atoms with van der Waals surface area (Å²) in [7, 11) is 0. The minimum atomic E-state index is -1.48. The molecule has 8 nitrogen and oxygen atoms in total. The molecule has 0 rings (SSSR count). The Bertz CT molecular complexity index is 303. The van der Waals surface area contributed by atoms with E-state index in [1.165, 1.54) is 6.92 Å². The molecule has 0 saturated carbocycles. The maximum atomic E-state index is 10.8. The van der Waals surface area contributed by atoms with E-state index in [1.54, 1.807) is 0 Å². The predicted octanol–water partition coefficient (Wildman–Crippen LogP) is -0.379. The van der Waals surface area contributed by atoms with Crippen LogP contribution in [0.1, 0.15) is 6.92 Å². The van der Waals surface area contributed by atoms with E-state index in [4.69, 9.17) is 11.5 Å². The van der Waals surface area contributed by atoms with Crippen molar-refractivity contribution in [1.82, 2.24) is 0 Å². The highest BCUT2D eigenvalue weighted by atomic mass is 16.7. The molecule has 0 radical (unpaired) electrons. The third-order valence-corrected chi connectivity index (χ3v) is 1.32. The fourth-order valence-electron chi connectivity index (χ4n) is 0.732. The van der Waals surface area contributed by atoms with Crippen molar-refractivity contribution < 1.29 is 28.6 Å². The van der Waals surface area contributed by atoms with Gasteiger partial charge in [0.15, 0.2) is 6.10 Å². The molecule has 2 unspecified atom stereocenters. The van der Waals surface area contributed by atoms with Gasteiger partial charge in [0.1, 0.15) is 0 Å². The van der Waals surface area contributed by atoms with Gasteiger partial charge in [-0.1, -0.05) is 6.58 Å². The fourth-order valence-corrected chi connectivity index (χ4v) is 0.732. The quantitative estimate of drug-likeness (QED) is 0.377. The van der Waals surface area contributed by atoms with Gasteiger partial charge in [-0.05, 0) is 6.92 Å². The predicted molar refractivity (Wildman–Crippen MR) is 50.9 cm³/mol. The number of nitrogens with two attached hydrogens (primary N) is 2. The number of hydrogen-bond acceptors (Lipinski definition) is 6. The first kappa shape index (κ1) is 13.8. The second-order valence-corrected chi connectivity index (χ2v) is 2.59. The molecule has 0 aromatic carbocycles. The third-order valence-electron chi connectivity index (χ3n) is 1.32. The van der Waals surface area contributed by atoms with E-state index in [0.717, 1.165) is 6.08 Å². The Labute approximate surface area is 91.1 Å². The number of amides is 2. The number of ether oxygens (including phenoxy) is 3. The summed E-state index contributed by atoms with van der Waals surface area (Å²) in [6.45, 7) is 4.43. The van der Waals surface area contributed by atoms with E-state index < -0.39 is 30.5 Å². The number of carbonyl (C=O) groups excluding carboxylic acids is 3. The van der Waals surface area contributed by atoms with Gasteiger partial charge in [0.05, 0.1) is 0 Å². The lowest BCUT2D eigenvalue weighted by atomic mass is 10.4. The number of rotatable bonds is 5. The zero-order valence-electron chi connectivity index (χ0n) is 8.54. The molecule has 0 aliphatic carbocycles. The molecule has 16 heavy (non-hydrogen) atoms. The molecule has 0 spiro atoms. The summed E-state index contributed by atoms with van der Waals surface area (Å²) >= 11 is 0. The largest absolute Gasteiger partial charge is 0.439 e. The number of primary amides is 2. The van der Waals surface area contributed by atoms with E-state index in [0.29, 0.717) is 0 Å². The average Bonchev–Trinajstić information content (AvgIpc) is 2.14. The Morgan fingerprint density at radius 1 is 1.12 bits per heavy atom. The maximum Gasteiger partial charge on any atom is 0.407 e. The molecule has 2 atom stereocenters. The van der Waals surface area contributed by atoms with E-state index in [1.807, 2.05) is 0 Å². The van der Waals surface area contributed by atoms with Gasteiger partial charge in [0.25, 0.3) is 6.29 Å². The van der Waals surface area contributed by atoms with Gasteiger partial charge >= 0.3 is 18.2 Å². The molecule has 2 amide bonds. The van der Waals surface area contributed by atoms with Crippen LogP contribution in [0.5, 0.6) is 0 Å². The van der Waals surface area contributed by atoms with Crippen LogP contribution < -0.4 is 11.5 Å². The van der Waals surface area contributed by atoms with Crippen LogP contribution >= 0.6 is 0 Å². The topological polar surface area (TPSA) is 131 Å². The molecule has 0 aromatic heterocycles. The zero-order valence-corrected chi connectivity index (χ0v) is 8.54. The first-order valence-electron chi connectivity index (χ1n) is 4.12. The number of carbonyl (C=O) groups is 3. The standard InChI is InChI=1S/C8H12N2O6/c1-3-5(11)15-6(16-8(10)13)4(2)14-7(9)12/h3-4,6H,1H2,2H3,(H2,9,12)(H2,10,13). The van der Waals surface area contributed by atoms with Crippen molar-refractivity contribution in [3.8, 4) is 0 Å². The highest BCUT2D eigenvalue weighted by Crippen LogP contribution is 2.06. The monoisotopic (exact) mass is 232 g/mol.